The van der Waals surface area contributed by atoms with Crippen LogP contribution in [0.1, 0.15) is 66.6 Å². The molecular formula is C19H32O11S2. The van der Waals surface area contributed by atoms with Crippen LogP contribution in [0.5, 0.6) is 23.0 Å². The van der Waals surface area contributed by atoms with Gasteiger partial charge in [0.05, 0.1) is 18.3 Å². The molecule has 0 fully saturated rings. The first-order valence-electron chi connectivity index (χ1n) is 11.5. The third kappa shape index (κ3) is 9.36. The number of aliphatic hydroxyl groups is 1. The predicted molar refractivity (Wildman–Crippen MR) is 116 cm³/mol. The fraction of sp³-hybridized carbons (Fsp3) is 0.684. The zero-order valence-electron chi connectivity index (χ0n) is 21.0. The lowest BCUT2D eigenvalue weighted by Crippen LogP contribution is -2.14. The SMILES string of the molecule is [2H][13C]([2H])([2H])Oc1c(OS(=O)(=O)O)c(C)c(CCCCCCCCCCO)c(OS(=O)(=O)O)c1OC. The zero-order valence-corrected chi connectivity index (χ0v) is 19.6. The first-order valence-corrected chi connectivity index (χ1v) is 12.7. The number of hydrogen-bond donors (Lipinski definition) is 3. The van der Waals surface area contributed by atoms with E-state index >= 15 is 0 Å². The quantitative estimate of drug-likeness (QED) is 0.172. The summed E-state index contributed by atoms with van der Waals surface area (Å²) in [5, 5.41) is 8.79. The number of unbranched alkanes of at least 4 members (excludes halogenated alkanes) is 7. The van der Waals surface area contributed by atoms with Gasteiger partial charge in [0.15, 0.2) is 11.5 Å². The van der Waals surface area contributed by atoms with E-state index in [4.69, 9.17) is 18.7 Å². The molecule has 0 radical (unpaired) electrons. The van der Waals surface area contributed by atoms with Gasteiger partial charge in [0, 0.05) is 17.7 Å². The molecule has 0 bridgehead atoms. The first kappa shape index (κ1) is 23.4. The lowest BCUT2D eigenvalue weighted by atomic mass is 9.98. The van der Waals surface area contributed by atoms with E-state index < -0.39 is 50.8 Å². The van der Waals surface area contributed by atoms with Gasteiger partial charge in [-0.1, -0.05) is 38.5 Å². The number of aliphatic hydroxyl groups excluding tert-OH is 1. The van der Waals surface area contributed by atoms with E-state index in [2.05, 4.69) is 8.37 Å². The number of methoxy groups -OCH3 is 2. The van der Waals surface area contributed by atoms with Gasteiger partial charge >= 0.3 is 20.8 Å². The minimum absolute atomic E-state index is 0.0407. The van der Waals surface area contributed by atoms with Crippen LogP contribution >= 0.6 is 0 Å². The summed E-state index contributed by atoms with van der Waals surface area (Å²) in [5.74, 6) is -2.87. The van der Waals surface area contributed by atoms with E-state index in [-0.39, 0.29) is 24.2 Å². The topological polar surface area (TPSA) is 166 Å². The van der Waals surface area contributed by atoms with Gasteiger partial charge in [-0.2, -0.15) is 16.8 Å². The molecule has 186 valence electrons. The van der Waals surface area contributed by atoms with Gasteiger partial charge in [0.1, 0.15) is 0 Å². The van der Waals surface area contributed by atoms with Gasteiger partial charge in [-0.25, -0.2) is 0 Å². The second-order valence-electron chi connectivity index (χ2n) is 7.05. The smallest absolute Gasteiger partial charge is 0.446 e. The van der Waals surface area contributed by atoms with E-state index in [9.17, 15) is 25.9 Å². The maximum Gasteiger partial charge on any atom is 0.446 e. The number of ether oxygens (including phenoxy) is 2. The number of rotatable bonds is 16. The normalized spacial score (nSPS) is 13.7. The average molecular weight is 505 g/mol. The molecule has 13 heteroatoms. The van der Waals surface area contributed by atoms with Gasteiger partial charge < -0.3 is 22.9 Å². The molecule has 32 heavy (non-hydrogen) atoms. The molecule has 0 aliphatic carbocycles. The molecule has 0 aliphatic rings. The van der Waals surface area contributed by atoms with E-state index in [1.54, 1.807) is 0 Å². The molecule has 0 saturated heterocycles. The Balaban J connectivity index is 3.37. The monoisotopic (exact) mass is 504 g/mol. The molecule has 0 unspecified atom stereocenters. The maximum absolute atomic E-state index is 11.5. The first-order chi connectivity index (χ1) is 16.1. The molecular weight excluding hydrogens is 469 g/mol. The molecule has 1 aromatic rings. The number of benzene rings is 1. The summed E-state index contributed by atoms with van der Waals surface area (Å²) in [7, 11) is -12.4. The Labute approximate surface area is 193 Å². The molecule has 0 aromatic heterocycles. The summed E-state index contributed by atoms with van der Waals surface area (Å²) >= 11 is 0. The Hall–Kier alpha value is -1.80. The van der Waals surface area contributed by atoms with E-state index in [1.165, 1.54) is 6.92 Å². The van der Waals surface area contributed by atoms with Crippen molar-refractivity contribution in [3.05, 3.63) is 11.1 Å². The van der Waals surface area contributed by atoms with Gasteiger partial charge in [-0.15, -0.1) is 0 Å². The van der Waals surface area contributed by atoms with Crippen molar-refractivity contribution in [3.63, 3.8) is 0 Å². The van der Waals surface area contributed by atoms with Gasteiger partial charge in [0.25, 0.3) is 0 Å². The Morgan fingerprint density at radius 2 is 1.22 bits per heavy atom. The summed E-state index contributed by atoms with van der Waals surface area (Å²) in [6, 6.07) is 0. The van der Waals surface area contributed by atoms with Crippen molar-refractivity contribution < 1.29 is 53.0 Å². The predicted octanol–water partition coefficient (Wildman–Crippen LogP) is 3.03. The Morgan fingerprint density at radius 1 is 0.750 bits per heavy atom. The molecule has 0 saturated carbocycles. The molecule has 0 aliphatic heterocycles. The Bertz CT molecular complexity index is 1040. The van der Waals surface area contributed by atoms with Crippen molar-refractivity contribution in [3.8, 4) is 23.0 Å². The molecule has 1 rings (SSSR count). The van der Waals surface area contributed by atoms with Crippen molar-refractivity contribution in [2.75, 3.05) is 20.8 Å². The standard InChI is InChI=1S/C19H32O11S2/c1-14-15(12-10-8-6-4-5-7-9-11-13-20)17(30-32(24,25)26)19(28-3)18(27-2)16(14)29-31(21,22)23/h20H,4-13H2,1-3H3,(H,21,22,23)(H,24,25,26)/i2+1D3. The Morgan fingerprint density at radius 3 is 1.69 bits per heavy atom. The zero-order chi connectivity index (χ0) is 26.9. The van der Waals surface area contributed by atoms with Crippen LogP contribution < -0.4 is 17.8 Å². The summed E-state index contributed by atoms with van der Waals surface area (Å²) in [4.78, 5) is 0. The van der Waals surface area contributed by atoms with Crippen LogP contribution in [0.3, 0.4) is 0 Å². The molecule has 0 atom stereocenters. The third-order valence-corrected chi connectivity index (χ3v) is 5.46. The van der Waals surface area contributed by atoms with Gasteiger partial charge in [0.2, 0.25) is 11.5 Å². The minimum Gasteiger partial charge on any atom is -0.490 e. The highest BCUT2D eigenvalue weighted by Gasteiger charge is 2.30. The highest BCUT2D eigenvalue weighted by molar-refractivity contribution is 7.81. The van der Waals surface area contributed by atoms with Crippen LogP contribution in [-0.2, 0) is 27.2 Å². The average Bonchev–Trinajstić information content (AvgIpc) is 2.69. The summed E-state index contributed by atoms with van der Waals surface area (Å²) in [6.45, 7) is 1.44. The highest BCUT2D eigenvalue weighted by atomic mass is 32.3. The lowest BCUT2D eigenvalue weighted by molar-refractivity contribution is 0.282. The van der Waals surface area contributed by atoms with E-state index in [0.29, 0.717) is 12.8 Å². The summed E-state index contributed by atoms with van der Waals surface area (Å²) in [5.41, 5.74) is -0.0655. The third-order valence-electron chi connectivity index (χ3n) is 4.70. The van der Waals surface area contributed by atoms with Crippen LogP contribution in [0.25, 0.3) is 0 Å². The van der Waals surface area contributed by atoms with E-state index in [0.717, 1.165) is 45.6 Å². The molecule has 0 heterocycles. The summed E-state index contributed by atoms with van der Waals surface area (Å²) < 4.78 is 105. The largest absolute Gasteiger partial charge is 0.490 e. The van der Waals surface area contributed by atoms with Crippen LogP contribution in [0.4, 0.5) is 0 Å². The van der Waals surface area contributed by atoms with Crippen LogP contribution in [-0.4, -0.2) is 51.8 Å². The van der Waals surface area contributed by atoms with Crippen molar-refractivity contribution in [2.24, 2.45) is 0 Å². The van der Waals surface area contributed by atoms with Gasteiger partial charge in [-0.05, 0) is 26.2 Å². The van der Waals surface area contributed by atoms with Crippen molar-refractivity contribution in [1.29, 1.82) is 0 Å². The second-order valence-corrected chi connectivity index (χ2v) is 9.09. The molecule has 1 aromatic carbocycles. The van der Waals surface area contributed by atoms with Crippen LogP contribution in [0, 0.1) is 6.92 Å². The Kier molecular flexibility index (Phi) is 9.52. The molecule has 11 nitrogen and oxygen atoms in total. The minimum atomic E-state index is -5.15. The second kappa shape index (κ2) is 13.0. The summed E-state index contributed by atoms with van der Waals surface area (Å²) in [6.07, 6.45) is 6.74. The highest BCUT2D eigenvalue weighted by Crippen LogP contribution is 2.50. The maximum atomic E-state index is 11.5. The molecule has 0 spiro atoms. The van der Waals surface area contributed by atoms with Crippen LogP contribution in [0.15, 0.2) is 0 Å². The van der Waals surface area contributed by atoms with Crippen molar-refractivity contribution in [2.45, 2.75) is 64.7 Å². The van der Waals surface area contributed by atoms with E-state index in [1.807, 2.05) is 0 Å². The lowest BCUT2D eigenvalue weighted by Gasteiger charge is -2.21. The molecule has 3 N–H and O–H groups in total. The molecule has 0 amide bonds. The van der Waals surface area contributed by atoms with Crippen LogP contribution in [0.2, 0.25) is 0 Å². The fourth-order valence-corrected chi connectivity index (χ4v) is 4.07. The van der Waals surface area contributed by atoms with Crippen molar-refractivity contribution >= 4 is 20.8 Å². The number of hydrogen-bond acceptors (Lipinski definition) is 9. The van der Waals surface area contributed by atoms with Gasteiger partial charge in [-0.3, -0.25) is 9.11 Å². The fourth-order valence-electron chi connectivity index (χ4n) is 3.27. The van der Waals surface area contributed by atoms with Crippen molar-refractivity contribution in [1.82, 2.24) is 0 Å².